The third-order valence-corrected chi connectivity index (χ3v) is 6.86. The van der Waals surface area contributed by atoms with Crippen molar-refractivity contribution >= 4 is 29.7 Å². The highest BCUT2D eigenvalue weighted by Crippen LogP contribution is 2.37. The van der Waals surface area contributed by atoms with E-state index in [4.69, 9.17) is 28.6 Å². The van der Waals surface area contributed by atoms with Gasteiger partial charge in [-0.1, -0.05) is 11.6 Å². The summed E-state index contributed by atoms with van der Waals surface area (Å²) in [6.45, 7) is 1.56. The van der Waals surface area contributed by atoms with Gasteiger partial charge in [0.1, 0.15) is 11.6 Å². The van der Waals surface area contributed by atoms with Gasteiger partial charge in [-0.3, -0.25) is 4.79 Å². The molecule has 29 heavy (non-hydrogen) atoms. The zero-order chi connectivity index (χ0) is 20.9. The van der Waals surface area contributed by atoms with Crippen molar-refractivity contribution in [2.45, 2.75) is 37.8 Å². The molecule has 0 spiro atoms. The summed E-state index contributed by atoms with van der Waals surface area (Å²) in [5.41, 5.74) is 1.62. The van der Waals surface area contributed by atoms with Gasteiger partial charge in [-0.2, -0.15) is 0 Å². The molecule has 0 aliphatic carbocycles. The summed E-state index contributed by atoms with van der Waals surface area (Å²) in [4.78, 5) is 14.6. The molecule has 2 aliphatic rings. The molecule has 1 amide bonds. The van der Waals surface area contributed by atoms with Gasteiger partial charge in [0.05, 0.1) is 24.1 Å². The number of rotatable bonds is 4. The van der Waals surface area contributed by atoms with Gasteiger partial charge in [-0.15, -0.1) is 0 Å². The number of ether oxygens (including phenoxy) is 1. The molecule has 0 N–H and O–H groups in total. The zero-order valence-corrected chi connectivity index (χ0v) is 17.8. The SMILES string of the molecule is CN(C(=O)Cc1c2n(c(=S)n1C)C[C@H](c1c(F)ccc(Cl)c1F)C2)C1CCOC1. The fourth-order valence-electron chi connectivity index (χ4n) is 4.33. The van der Waals surface area contributed by atoms with Gasteiger partial charge < -0.3 is 18.8 Å². The Hall–Kier alpha value is -1.77. The zero-order valence-electron chi connectivity index (χ0n) is 16.3. The van der Waals surface area contributed by atoms with E-state index >= 15 is 0 Å². The van der Waals surface area contributed by atoms with Crippen LogP contribution in [0.2, 0.25) is 5.02 Å². The van der Waals surface area contributed by atoms with E-state index in [1.807, 2.05) is 16.2 Å². The highest BCUT2D eigenvalue weighted by Gasteiger charge is 2.34. The molecule has 1 aromatic heterocycles. The fraction of sp³-hybridized carbons (Fsp3) is 0.500. The molecule has 3 heterocycles. The number of benzene rings is 1. The van der Waals surface area contributed by atoms with Crippen LogP contribution in [0.5, 0.6) is 0 Å². The molecule has 2 aliphatic heterocycles. The number of aromatic nitrogens is 2. The van der Waals surface area contributed by atoms with Crippen LogP contribution in [-0.4, -0.2) is 46.2 Å². The molecule has 1 saturated heterocycles. The van der Waals surface area contributed by atoms with Crippen LogP contribution < -0.4 is 0 Å². The highest BCUT2D eigenvalue weighted by molar-refractivity contribution is 7.71. The Bertz CT molecular complexity index is 1030. The lowest BCUT2D eigenvalue weighted by Gasteiger charge is -2.23. The average molecular weight is 442 g/mol. The smallest absolute Gasteiger partial charge is 0.228 e. The van der Waals surface area contributed by atoms with Crippen LogP contribution >= 0.6 is 23.8 Å². The number of halogens is 3. The number of hydrogen-bond donors (Lipinski definition) is 0. The minimum atomic E-state index is -0.726. The Morgan fingerprint density at radius 3 is 2.86 bits per heavy atom. The number of carbonyl (C=O) groups is 1. The van der Waals surface area contributed by atoms with Crippen LogP contribution in [0.4, 0.5) is 8.78 Å². The van der Waals surface area contributed by atoms with Crippen LogP contribution in [0.3, 0.4) is 0 Å². The first-order valence-corrected chi connectivity index (χ1v) is 10.3. The Labute approximate surface area is 177 Å². The Kier molecular flexibility index (Phi) is 5.52. The lowest BCUT2D eigenvalue weighted by atomic mass is 9.95. The summed E-state index contributed by atoms with van der Waals surface area (Å²) < 4.78 is 38.5. The number of nitrogens with zero attached hydrogens (tertiary/aromatic N) is 3. The van der Waals surface area contributed by atoms with Crippen LogP contribution in [0, 0.1) is 16.4 Å². The van der Waals surface area contributed by atoms with Crippen LogP contribution in [0.15, 0.2) is 12.1 Å². The lowest BCUT2D eigenvalue weighted by molar-refractivity contribution is -0.131. The van der Waals surface area contributed by atoms with Gasteiger partial charge in [0.15, 0.2) is 4.77 Å². The maximum absolute atomic E-state index is 14.5. The third-order valence-electron chi connectivity index (χ3n) is 6.08. The molecular formula is C20H22ClF2N3O2S. The summed E-state index contributed by atoms with van der Waals surface area (Å²) in [6.07, 6.45) is 1.41. The van der Waals surface area contributed by atoms with E-state index in [9.17, 15) is 13.6 Å². The van der Waals surface area contributed by atoms with E-state index in [-0.39, 0.29) is 29.0 Å². The molecule has 4 rings (SSSR count). The monoisotopic (exact) mass is 441 g/mol. The van der Waals surface area contributed by atoms with Gasteiger partial charge in [-0.05, 0) is 37.2 Å². The lowest BCUT2D eigenvalue weighted by Crippen LogP contribution is -2.38. The summed E-state index contributed by atoms with van der Waals surface area (Å²) in [5.74, 6) is -1.78. The van der Waals surface area contributed by atoms with Gasteiger partial charge in [0.25, 0.3) is 0 Å². The number of carbonyl (C=O) groups excluding carboxylic acids is 1. The Morgan fingerprint density at radius 1 is 1.41 bits per heavy atom. The van der Waals surface area contributed by atoms with E-state index in [0.29, 0.717) is 31.0 Å². The molecule has 9 heteroatoms. The maximum Gasteiger partial charge on any atom is 0.228 e. The van der Waals surface area contributed by atoms with Crippen molar-refractivity contribution in [1.82, 2.24) is 14.0 Å². The Morgan fingerprint density at radius 2 is 2.17 bits per heavy atom. The molecule has 0 radical (unpaired) electrons. The maximum atomic E-state index is 14.5. The Balaban J connectivity index is 1.62. The topological polar surface area (TPSA) is 39.4 Å². The number of hydrogen-bond acceptors (Lipinski definition) is 3. The molecular weight excluding hydrogens is 420 g/mol. The average Bonchev–Trinajstić information content (AvgIpc) is 3.41. The van der Waals surface area contributed by atoms with Crippen LogP contribution in [0.25, 0.3) is 0 Å². The fourth-order valence-corrected chi connectivity index (χ4v) is 4.79. The second-order valence-corrected chi connectivity index (χ2v) is 8.47. The van der Waals surface area contributed by atoms with Crippen molar-refractivity contribution in [3.05, 3.63) is 50.5 Å². The van der Waals surface area contributed by atoms with Gasteiger partial charge >= 0.3 is 0 Å². The van der Waals surface area contributed by atoms with Gasteiger partial charge in [0, 0.05) is 50.1 Å². The predicted octanol–water partition coefficient (Wildman–Crippen LogP) is 3.62. The van der Waals surface area contributed by atoms with Crippen molar-refractivity contribution in [3.63, 3.8) is 0 Å². The van der Waals surface area contributed by atoms with E-state index < -0.39 is 17.6 Å². The van der Waals surface area contributed by atoms with Crippen LogP contribution in [-0.2, 0) is 36.0 Å². The van der Waals surface area contributed by atoms with Crippen molar-refractivity contribution in [3.8, 4) is 0 Å². The molecule has 2 atom stereocenters. The largest absolute Gasteiger partial charge is 0.379 e. The number of amides is 1. The number of likely N-dealkylation sites (N-methyl/N-ethyl adjacent to an activating group) is 1. The summed E-state index contributed by atoms with van der Waals surface area (Å²) in [5, 5.41) is -0.0991. The molecule has 5 nitrogen and oxygen atoms in total. The van der Waals surface area contributed by atoms with E-state index in [1.165, 1.54) is 12.1 Å². The molecule has 1 unspecified atom stereocenters. The van der Waals surface area contributed by atoms with Gasteiger partial charge in [-0.25, -0.2) is 8.78 Å². The normalized spacial score (nSPS) is 20.9. The molecule has 156 valence electrons. The first-order valence-electron chi connectivity index (χ1n) is 9.53. The minimum Gasteiger partial charge on any atom is -0.379 e. The molecule has 1 aromatic carbocycles. The van der Waals surface area contributed by atoms with Crippen molar-refractivity contribution in [2.24, 2.45) is 7.05 Å². The first kappa shape index (κ1) is 20.5. The van der Waals surface area contributed by atoms with Crippen molar-refractivity contribution in [1.29, 1.82) is 0 Å². The number of imidazole rings is 1. The molecule has 0 saturated carbocycles. The standard InChI is InChI=1S/C20H22ClF2N3O2S/c1-24(12-5-6-28-10-12)17(27)8-15-16-7-11(9-26(16)20(29)25(15)2)18-14(22)4-3-13(21)19(18)23/h3-4,11-12H,5-10H2,1-2H3/t11-,12?/m1/s1. The van der Waals surface area contributed by atoms with E-state index in [0.717, 1.165) is 17.8 Å². The van der Waals surface area contributed by atoms with Crippen LogP contribution in [0.1, 0.15) is 29.3 Å². The van der Waals surface area contributed by atoms with E-state index in [2.05, 4.69) is 0 Å². The molecule has 0 bridgehead atoms. The predicted molar refractivity (Wildman–Crippen MR) is 108 cm³/mol. The number of fused-ring (bicyclic) bond motifs is 1. The second kappa shape index (κ2) is 7.81. The minimum absolute atomic E-state index is 0.0178. The summed E-state index contributed by atoms with van der Waals surface area (Å²) in [7, 11) is 3.61. The quantitative estimate of drug-likeness (QED) is 0.537. The van der Waals surface area contributed by atoms with Gasteiger partial charge in [0.2, 0.25) is 5.91 Å². The second-order valence-electron chi connectivity index (χ2n) is 7.70. The molecule has 2 aromatic rings. The van der Waals surface area contributed by atoms with Crippen molar-refractivity contribution in [2.75, 3.05) is 20.3 Å². The first-order chi connectivity index (χ1) is 13.8. The molecule has 1 fully saturated rings. The summed E-state index contributed by atoms with van der Waals surface area (Å²) >= 11 is 11.4. The summed E-state index contributed by atoms with van der Waals surface area (Å²) in [6, 6.07) is 2.48. The van der Waals surface area contributed by atoms with Crippen molar-refractivity contribution < 1.29 is 18.3 Å². The van der Waals surface area contributed by atoms with E-state index in [1.54, 1.807) is 11.9 Å². The third kappa shape index (κ3) is 3.51. The highest BCUT2D eigenvalue weighted by atomic mass is 35.5.